The Hall–Kier alpha value is -0.570. The summed E-state index contributed by atoms with van der Waals surface area (Å²) in [6.07, 6.45) is 3.20. The number of hydrogen-bond donors (Lipinski definition) is 2. The molecule has 1 saturated heterocycles. The molecule has 0 unspecified atom stereocenters. The number of hydrogen-bond acceptors (Lipinski definition) is 2. The summed E-state index contributed by atoms with van der Waals surface area (Å²) < 4.78 is 0. The van der Waals surface area contributed by atoms with Crippen LogP contribution in [-0.2, 0) is 4.79 Å². The van der Waals surface area contributed by atoms with Crippen molar-refractivity contribution in [3.63, 3.8) is 0 Å². The topological polar surface area (TPSA) is 49.3 Å². The predicted molar refractivity (Wildman–Crippen MR) is 47.0 cm³/mol. The summed E-state index contributed by atoms with van der Waals surface area (Å²) in [4.78, 5) is 10.6. The molecule has 70 valence electrons. The molecule has 1 fully saturated rings. The van der Waals surface area contributed by atoms with Crippen LogP contribution >= 0.6 is 0 Å². The first-order valence-electron chi connectivity index (χ1n) is 4.63. The van der Waals surface area contributed by atoms with Gasteiger partial charge in [0, 0.05) is 0 Å². The minimum Gasteiger partial charge on any atom is -0.481 e. The lowest BCUT2D eigenvalue weighted by Crippen LogP contribution is -2.31. The van der Waals surface area contributed by atoms with Gasteiger partial charge in [0.1, 0.15) is 0 Å². The number of rotatable bonds is 3. The largest absolute Gasteiger partial charge is 0.481 e. The second kappa shape index (κ2) is 4.45. The van der Waals surface area contributed by atoms with Crippen molar-refractivity contribution >= 4 is 5.97 Å². The fourth-order valence-electron chi connectivity index (χ4n) is 1.73. The average molecular weight is 171 g/mol. The fraction of sp³-hybridized carbons (Fsp3) is 0.889. The molecule has 0 spiro atoms. The minimum absolute atomic E-state index is 0.185. The van der Waals surface area contributed by atoms with Crippen molar-refractivity contribution in [3.8, 4) is 0 Å². The Morgan fingerprint density at radius 2 is 2.50 bits per heavy atom. The zero-order chi connectivity index (χ0) is 8.97. The highest BCUT2D eigenvalue weighted by molar-refractivity contribution is 5.69. The summed E-state index contributed by atoms with van der Waals surface area (Å²) in [5, 5.41) is 12.0. The van der Waals surface area contributed by atoms with E-state index in [-0.39, 0.29) is 5.92 Å². The van der Waals surface area contributed by atoms with Gasteiger partial charge in [0.2, 0.25) is 0 Å². The first-order valence-corrected chi connectivity index (χ1v) is 4.63. The van der Waals surface area contributed by atoms with E-state index in [1.807, 2.05) is 0 Å². The van der Waals surface area contributed by atoms with E-state index in [9.17, 15) is 4.79 Å². The molecule has 0 bridgehead atoms. The van der Waals surface area contributed by atoms with Crippen LogP contribution in [-0.4, -0.2) is 24.2 Å². The second-order valence-corrected chi connectivity index (χ2v) is 3.69. The minimum atomic E-state index is -0.666. The van der Waals surface area contributed by atoms with Crippen molar-refractivity contribution in [1.29, 1.82) is 0 Å². The van der Waals surface area contributed by atoms with Gasteiger partial charge in [-0.05, 0) is 38.3 Å². The standard InChI is InChI=1S/C9H17NO2/c1-7(9(11)12)5-8-3-2-4-10-6-8/h7-8,10H,2-6H2,1H3,(H,11,12)/t7-,8-/m1/s1. The number of nitrogens with one attached hydrogen (secondary N) is 1. The zero-order valence-electron chi connectivity index (χ0n) is 7.55. The molecule has 1 aliphatic rings. The van der Waals surface area contributed by atoms with Crippen LogP contribution in [0.15, 0.2) is 0 Å². The molecule has 3 nitrogen and oxygen atoms in total. The summed E-state index contributed by atoms with van der Waals surface area (Å²) in [7, 11) is 0. The lowest BCUT2D eigenvalue weighted by atomic mass is 9.90. The molecule has 2 N–H and O–H groups in total. The Labute approximate surface area is 73.2 Å². The van der Waals surface area contributed by atoms with Gasteiger partial charge in [-0.15, -0.1) is 0 Å². The van der Waals surface area contributed by atoms with Gasteiger partial charge in [-0.1, -0.05) is 6.92 Å². The first kappa shape index (κ1) is 9.52. The highest BCUT2D eigenvalue weighted by Crippen LogP contribution is 2.19. The van der Waals surface area contributed by atoms with Crippen LogP contribution < -0.4 is 5.32 Å². The van der Waals surface area contributed by atoms with E-state index in [4.69, 9.17) is 5.11 Å². The lowest BCUT2D eigenvalue weighted by molar-refractivity contribution is -0.141. The van der Waals surface area contributed by atoms with Crippen LogP contribution in [0.2, 0.25) is 0 Å². The molecule has 0 aromatic heterocycles. The maximum atomic E-state index is 10.6. The maximum absolute atomic E-state index is 10.6. The number of carboxylic acids is 1. The van der Waals surface area contributed by atoms with Crippen LogP contribution in [0.5, 0.6) is 0 Å². The van der Waals surface area contributed by atoms with Gasteiger partial charge < -0.3 is 10.4 Å². The molecule has 0 aromatic carbocycles. The Morgan fingerprint density at radius 1 is 1.75 bits per heavy atom. The molecular formula is C9H17NO2. The lowest BCUT2D eigenvalue weighted by Gasteiger charge is -2.23. The molecule has 1 aliphatic heterocycles. The monoisotopic (exact) mass is 171 g/mol. The van der Waals surface area contributed by atoms with Crippen molar-refractivity contribution in [2.75, 3.05) is 13.1 Å². The molecule has 0 radical (unpaired) electrons. The van der Waals surface area contributed by atoms with E-state index >= 15 is 0 Å². The van der Waals surface area contributed by atoms with Crippen LogP contribution in [0.25, 0.3) is 0 Å². The highest BCUT2D eigenvalue weighted by atomic mass is 16.4. The van der Waals surface area contributed by atoms with Gasteiger partial charge >= 0.3 is 5.97 Å². The zero-order valence-corrected chi connectivity index (χ0v) is 7.55. The van der Waals surface area contributed by atoms with Gasteiger partial charge in [-0.2, -0.15) is 0 Å². The molecule has 12 heavy (non-hydrogen) atoms. The molecule has 1 rings (SSSR count). The molecule has 0 aliphatic carbocycles. The summed E-state index contributed by atoms with van der Waals surface area (Å²) >= 11 is 0. The molecule has 1 heterocycles. The summed E-state index contributed by atoms with van der Waals surface area (Å²) in [5.41, 5.74) is 0. The summed E-state index contributed by atoms with van der Waals surface area (Å²) in [6.45, 7) is 3.88. The summed E-state index contributed by atoms with van der Waals surface area (Å²) in [6, 6.07) is 0. The second-order valence-electron chi connectivity index (χ2n) is 3.69. The molecule has 3 heteroatoms. The van der Waals surface area contributed by atoms with E-state index in [0.29, 0.717) is 5.92 Å². The molecular weight excluding hydrogens is 154 g/mol. The van der Waals surface area contributed by atoms with Crippen LogP contribution in [0.4, 0.5) is 0 Å². The Kier molecular flexibility index (Phi) is 3.53. The van der Waals surface area contributed by atoms with Crippen molar-refractivity contribution in [2.24, 2.45) is 11.8 Å². The van der Waals surface area contributed by atoms with Crippen LogP contribution in [0.3, 0.4) is 0 Å². The van der Waals surface area contributed by atoms with Gasteiger partial charge in [-0.25, -0.2) is 0 Å². The smallest absolute Gasteiger partial charge is 0.306 e. The number of aliphatic carboxylic acids is 1. The Balaban J connectivity index is 2.24. The SMILES string of the molecule is C[C@H](C[C@H]1CCCNC1)C(=O)O. The highest BCUT2D eigenvalue weighted by Gasteiger charge is 2.19. The number of piperidine rings is 1. The Bertz CT molecular complexity index is 153. The van der Waals surface area contributed by atoms with Crippen LogP contribution in [0.1, 0.15) is 26.2 Å². The van der Waals surface area contributed by atoms with Crippen LogP contribution in [0, 0.1) is 11.8 Å². The third-order valence-electron chi connectivity index (χ3n) is 2.51. The van der Waals surface area contributed by atoms with E-state index in [1.165, 1.54) is 12.8 Å². The normalized spacial score (nSPS) is 26.6. The Morgan fingerprint density at radius 3 is 3.00 bits per heavy atom. The molecule has 2 atom stereocenters. The first-order chi connectivity index (χ1) is 5.70. The van der Waals surface area contributed by atoms with E-state index in [2.05, 4.69) is 5.32 Å². The molecule has 0 saturated carbocycles. The van der Waals surface area contributed by atoms with Crippen molar-refractivity contribution < 1.29 is 9.90 Å². The van der Waals surface area contributed by atoms with Gasteiger partial charge in [0.05, 0.1) is 5.92 Å². The predicted octanol–water partition coefficient (Wildman–Crippen LogP) is 1.10. The van der Waals surface area contributed by atoms with Crippen molar-refractivity contribution in [3.05, 3.63) is 0 Å². The third-order valence-corrected chi connectivity index (χ3v) is 2.51. The van der Waals surface area contributed by atoms with Crippen molar-refractivity contribution in [1.82, 2.24) is 5.32 Å². The van der Waals surface area contributed by atoms with E-state index in [0.717, 1.165) is 19.5 Å². The quantitative estimate of drug-likeness (QED) is 0.668. The van der Waals surface area contributed by atoms with E-state index < -0.39 is 5.97 Å². The van der Waals surface area contributed by atoms with Crippen molar-refractivity contribution in [2.45, 2.75) is 26.2 Å². The van der Waals surface area contributed by atoms with Gasteiger partial charge in [0.15, 0.2) is 0 Å². The number of carboxylic acid groups (broad SMARTS) is 1. The summed E-state index contributed by atoms with van der Waals surface area (Å²) in [5.74, 6) is -0.277. The van der Waals surface area contributed by atoms with Gasteiger partial charge in [-0.3, -0.25) is 4.79 Å². The van der Waals surface area contributed by atoms with E-state index in [1.54, 1.807) is 6.92 Å². The number of carbonyl (C=O) groups is 1. The molecule has 0 aromatic rings. The fourth-order valence-corrected chi connectivity index (χ4v) is 1.73. The van der Waals surface area contributed by atoms with Gasteiger partial charge in [0.25, 0.3) is 0 Å². The maximum Gasteiger partial charge on any atom is 0.306 e. The average Bonchev–Trinajstić information content (AvgIpc) is 2.06. The molecule has 0 amide bonds. The third kappa shape index (κ3) is 2.81.